The summed E-state index contributed by atoms with van der Waals surface area (Å²) >= 11 is 0. The number of nitrogens with zero attached hydrogens (tertiary/aromatic N) is 1. The van der Waals surface area contributed by atoms with Gasteiger partial charge < -0.3 is 15.4 Å². The van der Waals surface area contributed by atoms with E-state index in [0.29, 0.717) is 6.54 Å². The second-order valence-corrected chi connectivity index (χ2v) is 6.45. The van der Waals surface area contributed by atoms with E-state index in [1.165, 1.54) is 0 Å². The highest BCUT2D eigenvalue weighted by Crippen LogP contribution is 2.18. The Morgan fingerprint density at radius 2 is 1.85 bits per heavy atom. The van der Waals surface area contributed by atoms with Gasteiger partial charge in [0.1, 0.15) is 11.4 Å². The molecule has 2 heterocycles. The third-order valence-electron chi connectivity index (χ3n) is 4.58. The first-order valence-electron chi connectivity index (χ1n) is 8.79. The van der Waals surface area contributed by atoms with Gasteiger partial charge in [0.15, 0.2) is 0 Å². The molecule has 0 spiro atoms. The van der Waals surface area contributed by atoms with Gasteiger partial charge in [0, 0.05) is 18.8 Å². The topological polar surface area (TPSA) is 80.3 Å². The molecule has 2 N–H and O–H groups in total. The highest BCUT2D eigenvalue weighted by atomic mass is 16.5. The summed E-state index contributed by atoms with van der Waals surface area (Å²) in [5.41, 5.74) is 3.27. The predicted octanol–water partition coefficient (Wildman–Crippen LogP) is 2.86. The Labute approximate surface area is 153 Å². The van der Waals surface area contributed by atoms with Gasteiger partial charge in [-0.1, -0.05) is 18.2 Å². The van der Waals surface area contributed by atoms with Crippen molar-refractivity contribution >= 4 is 17.5 Å². The van der Waals surface area contributed by atoms with Crippen molar-refractivity contribution in [3.63, 3.8) is 0 Å². The normalized spacial score (nSPS) is 16.3. The van der Waals surface area contributed by atoms with E-state index < -0.39 is 0 Å². The molecular formula is C20H23N3O3. The maximum absolute atomic E-state index is 12.5. The molecule has 1 atom stereocenters. The molecule has 3 rings (SSSR count). The Balaban J connectivity index is 1.66. The van der Waals surface area contributed by atoms with Gasteiger partial charge in [-0.2, -0.15) is 0 Å². The minimum atomic E-state index is -0.340. The van der Waals surface area contributed by atoms with Gasteiger partial charge in [-0.25, -0.2) is 4.98 Å². The first-order chi connectivity index (χ1) is 12.5. The molecule has 1 unspecified atom stereocenters. The van der Waals surface area contributed by atoms with E-state index in [1.807, 2.05) is 32.0 Å². The van der Waals surface area contributed by atoms with E-state index in [-0.39, 0.29) is 29.3 Å². The summed E-state index contributed by atoms with van der Waals surface area (Å²) in [7, 11) is 0. The SMILES string of the molecule is Cc1cccc(NC(=O)c2cccc(C(=O)NCC3CCCO3)n2)c1C. The van der Waals surface area contributed by atoms with Crippen LogP contribution in [0.4, 0.5) is 5.69 Å². The summed E-state index contributed by atoms with van der Waals surface area (Å²) in [4.78, 5) is 29.0. The van der Waals surface area contributed by atoms with Crippen LogP contribution in [0.3, 0.4) is 0 Å². The summed E-state index contributed by atoms with van der Waals surface area (Å²) in [6, 6.07) is 10.6. The summed E-state index contributed by atoms with van der Waals surface area (Å²) in [6.45, 7) is 5.14. The van der Waals surface area contributed by atoms with Crippen molar-refractivity contribution in [2.45, 2.75) is 32.8 Å². The van der Waals surface area contributed by atoms with E-state index in [0.717, 1.165) is 36.3 Å². The molecule has 1 aromatic heterocycles. The Morgan fingerprint density at radius 3 is 2.58 bits per heavy atom. The molecule has 26 heavy (non-hydrogen) atoms. The average molecular weight is 353 g/mol. The lowest BCUT2D eigenvalue weighted by atomic mass is 10.1. The Bertz CT molecular complexity index is 814. The molecule has 6 heteroatoms. The van der Waals surface area contributed by atoms with Crippen molar-refractivity contribution in [3.05, 3.63) is 58.9 Å². The Kier molecular flexibility index (Phi) is 5.63. The van der Waals surface area contributed by atoms with Crippen molar-refractivity contribution in [1.82, 2.24) is 10.3 Å². The van der Waals surface area contributed by atoms with Crippen LogP contribution in [-0.2, 0) is 4.74 Å². The quantitative estimate of drug-likeness (QED) is 0.866. The van der Waals surface area contributed by atoms with E-state index in [9.17, 15) is 9.59 Å². The molecule has 1 aliphatic heterocycles. The lowest BCUT2D eigenvalue weighted by Gasteiger charge is -2.12. The van der Waals surface area contributed by atoms with Crippen molar-refractivity contribution in [3.8, 4) is 0 Å². The fraction of sp³-hybridized carbons (Fsp3) is 0.350. The monoisotopic (exact) mass is 353 g/mol. The van der Waals surface area contributed by atoms with Crippen LogP contribution in [0.2, 0.25) is 0 Å². The average Bonchev–Trinajstić information content (AvgIpc) is 3.17. The second kappa shape index (κ2) is 8.10. The van der Waals surface area contributed by atoms with Crippen molar-refractivity contribution in [1.29, 1.82) is 0 Å². The first-order valence-corrected chi connectivity index (χ1v) is 8.79. The maximum atomic E-state index is 12.5. The van der Waals surface area contributed by atoms with Gasteiger partial charge in [0.25, 0.3) is 11.8 Å². The van der Waals surface area contributed by atoms with Crippen LogP contribution < -0.4 is 10.6 Å². The van der Waals surface area contributed by atoms with Gasteiger partial charge in [-0.05, 0) is 56.0 Å². The van der Waals surface area contributed by atoms with Crippen molar-refractivity contribution < 1.29 is 14.3 Å². The molecule has 1 fully saturated rings. The third-order valence-corrected chi connectivity index (χ3v) is 4.58. The highest BCUT2D eigenvalue weighted by molar-refractivity contribution is 6.04. The second-order valence-electron chi connectivity index (χ2n) is 6.45. The molecule has 0 radical (unpaired) electrons. The number of benzene rings is 1. The minimum Gasteiger partial charge on any atom is -0.376 e. The van der Waals surface area contributed by atoms with Crippen LogP contribution >= 0.6 is 0 Å². The predicted molar refractivity (Wildman–Crippen MR) is 99.4 cm³/mol. The number of carbonyl (C=O) groups excluding carboxylic acids is 2. The fourth-order valence-corrected chi connectivity index (χ4v) is 2.86. The standard InChI is InChI=1S/C20H23N3O3/c1-13-6-3-8-16(14(13)2)23-20(25)18-10-4-9-17(22-18)19(24)21-12-15-7-5-11-26-15/h3-4,6,8-10,15H,5,7,11-12H2,1-2H3,(H,21,24)(H,23,25). The molecular weight excluding hydrogens is 330 g/mol. The number of amides is 2. The lowest BCUT2D eigenvalue weighted by Crippen LogP contribution is -2.32. The van der Waals surface area contributed by atoms with Crippen molar-refractivity contribution in [2.24, 2.45) is 0 Å². The van der Waals surface area contributed by atoms with Crippen LogP contribution in [0.15, 0.2) is 36.4 Å². The molecule has 1 aliphatic rings. The molecule has 2 amide bonds. The largest absolute Gasteiger partial charge is 0.376 e. The minimum absolute atomic E-state index is 0.0646. The third kappa shape index (κ3) is 4.26. The number of nitrogens with one attached hydrogen (secondary N) is 2. The molecule has 0 bridgehead atoms. The lowest BCUT2D eigenvalue weighted by molar-refractivity contribution is 0.0853. The fourth-order valence-electron chi connectivity index (χ4n) is 2.86. The number of pyridine rings is 1. The zero-order chi connectivity index (χ0) is 18.5. The van der Waals surface area contributed by atoms with Crippen LogP contribution in [0.25, 0.3) is 0 Å². The number of rotatable bonds is 5. The van der Waals surface area contributed by atoms with Crippen LogP contribution in [-0.4, -0.2) is 36.1 Å². The number of hydrogen-bond donors (Lipinski definition) is 2. The number of hydrogen-bond acceptors (Lipinski definition) is 4. The molecule has 1 saturated heterocycles. The van der Waals surface area contributed by atoms with E-state index in [1.54, 1.807) is 18.2 Å². The maximum Gasteiger partial charge on any atom is 0.274 e. The van der Waals surface area contributed by atoms with E-state index >= 15 is 0 Å². The highest BCUT2D eigenvalue weighted by Gasteiger charge is 2.18. The molecule has 136 valence electrons. The number of aromatic nitrogens is 1. The summed E-state index contributed by atoms with van der Waals surface area (Å²) in [5, 5.41) is 5.67. The van der Waals surface area contributed by atoms with Crippen LogP contribution in [0, 0.1) is 13.8 Å². The zero-order valence-electron chi connectivity index (χ0n) is 15.0. The summed E-state index contributed by atoms with van der Waals surface area (Å²) in [6.07, 6.45) is 2.04. The smallest absolute Gasteiger partial charge is 0.274 e. The Morgan fingerprint density at radius 1 is 1.12 bits per heavy atom. The Hall–Kier alpha value is -2.73. The molecule has 1 aromatic carbocycles. The number of ether oxygens (including phenoxy) is 1. The van der Waals surface area contributed by atoms with Gasteiger partial charge in [0.2, 0.25) is 0 Å². The van der Waals surface area contributed by atoms with Gasteiger partial charge in [-0.3, -0.25) is 9.59 Å². The van der Waals surface area contributed by atoms with Gasteiger partial charge in [-0.15, -0.1) is 0 Å². The molecule has 0 saturated carbocycles. The number of anilines is 1. The molecule has 0 aliphatic carbocycles. The summed E-state index contributed by atoms with van der Waals surface area (Å²) < 4.78 is 5.49. The number of aryl methyl sites for hydroxylation is 1. The first kappa shape index (κ1) is 18.1. The summed E-state index contributed by atoms with van der Waals surface area (Å²) in [5.74, 6) is -0.644. The van der Waals surface area contributed by atoms with E-state index in [2.05, 4.69) is 15.6 Å². The van der Waals surface area contributed by atoms with Gasteiger partial charge in [0.05, 0.1) is 6.10 Å². The zero-order valence-corrected chi connectivity index (χ0v) is 15.0. The molecule has 6 nitrogen and oxygen atoms in total. The van der Waals surface area contributed by atoms with Gasteiger partial charge >= 0.3 is 0 Å². The number of carbonyl (C=O) groups is 2. The van der Waals surface area contributed by atoms with Crippen molar-refractivity contribution in [2.75, 3.05) is 18.5 Å². The van der Waals surface area contributed by atoms with Crippen LogP contribution in [0.5, 0.6) is 0 Å². The van der Waals surface area contributed by atoms with E-state index in [4.69, 9.17) is 4.74 Å². The van der Waals surface area contributed by atoms with Crippen LogP contribution in [0.1, 0.15) is 44.9 Å². The molecule has 2 aromatic rings.